The fourth-order valence-electron chi connectivity index (χ4n) is 4.07. The van der Waals surface area contributed by atoms with Crippen LogP contribution in [-0.2, 0) is 26.0 Å². The number of hydrogen-bond acceptors (Lipinski definition) is 5. The maximum absolute atomic E-state index is 13.1. The van der Waals surface area contributed by atoms with E-state index in [9.17, 15) is 18.0 Å². The molecule has 2 aromatic carbocycles. The molecular weight excluding hydrogens is 430 g/mol. The van der Waals surface area contributed by atoms with E-state index in [0.717, 1.165) is 6.42 Å². The van der Waals surface area contributed by atoms with Crippen molar-refractivity contribution in [3.05, 3.63) is 53.6 Å². The van der Waals surface area contributed by atoms with Crippen LogP contribution in [0.2, 0.25) is 0 Å². The molecular formula is C23H27N3O5S. The van der Waals surface area contributed by atoms with Crippen molar-refractivity contribution < 1.29 is 22.7 Å². The van der Waals surface area contributed by atoms with E-state index in [1.165, 1.54) is 27.6 Å². The number of aryl methyl sites for hydroxylation is 1. The molecule has 0 aliphatic carbocycles. The van der Waals surface area contributed by atoms with E-state index in [0.29, 0.717) is 30.8 Å². The van der Waals surface area contributed by atoms with Gasteiger partial charge in [-0.15, -0.1) is 0 Å². The first kappa shape index (κ1) is 22.3. The standard InChI is InChI=1S/C23H27N3O5S/c1-16-3-2-4-17(13-16)7-10-24-23(28)18-8-11-26(12-9-18)32(29,30)19-5-6-21-20(14-19)25-22(27)15-31-21/h2-6,13-14,18H,7-12,15H2,1H3,(H,24,28)(H,25,27). The number of ether oxygens (including phenoxy) is 1. The minimum atomic E-state index is -3.72. The molecule has 2 aromatic rings. The summed E-state index contributed by atoms with van der Waals surface area (Å²) in [5, 5.41) is 5.61. The van der Waals surface area contributed by atoms with E-state index in [-0.39, 0.29) is 42.3 Å². The quantitative estimate of drug-likeness (QED) is 0.691. The molecule has 0 spiro atoms. The van der Waals surface area contributed by atoms with Gasteiger partial charge in [-0.3, -0.25) is 9.59 Å². The summed E-state index contributed by atoms with van der Waals surface area (Å²) in [4.78, 5) is 24.2. The SMILES string of the molecule is Cc1cccc(CCNC(=O)C2CCN(S(=O)(=O)c3ccc4c(c3)NC(=O)CO4)CC2)c1. The number of sulfonamides is 1. The summed E-state index contributed by atoms with van der Waals surface area (Å²) >= 11 is 0. The average Bonchev–Trinajstić information content (AvgIpc) is 2.78. The van der Waals surface area contributed by atoms with Crippen molar-refractivity contribution >= 4 is 27.5 Å². The summed E-state index contributed by atoms with van der Waals surface area (Å²) in [6, 6.07) is 12.6. The van der Waals surface area contributed by atoms with E-state index >= 15 is 0 Å². The smallest absolute Gasteiger partial charge is 0.262 e. The molecule has 32 heavy (non-hydrogen) atoms. The third kappa shape index (κ3) is 4.94. The molecule has 2 N–H and O–H groups in total. The number of fused-ring (bicyclic) bond motifs is 1. The van der Waals surface area contributed by atoms with E-state index in [4.69, 9.17) is 4.74 Å². The van der Waals surface area contributed by atoms with Crippen LogP contribution >= 0.6 is 0 Å². The van der Waals surface area contributed by atoms with Crippen LogP contribution in [0.3, 0.4) is 0 Å². The van der Waals surface area contributed by atoms with E-state index < -0.39 is 10.0 Å². The molecule has 0 radical (unpaired) electrons. The van der Waals surface area contributed by atoms with E-state index in [1.807, 2.05) is 25.1 Å². The Morgan fingerprint density at radius 3 is 2.72 bits per heavy atom. The maximum atomic E-state index is 13.1. The van der Waals surface area contributed by atoms with Gasteiger partial charge < -0.3 is 15.4 Å². The van der Waals surface area contributed by atoms with Crippen LogP contribution in [0.1, 0.15) is 24.0 Å². The Balaban J connectivity index is 1.31. The summed E-state index contributed by atoms with van der Waals surface area (Å²) in [5.41, 5.74) is 2.72. The van der Waals surface area contributed by atoms with Crippen molar-refractivity contribution in [1.82, 2.24) is 9.62 Å². The Hall–Kier alpha value is -2.91. The van der Waals surface area contributed by atoms with Crippen LogP contribution in [0, 0.1) is 12.8 Å². The first-order chi connectivity index (χ1) is 15.3. The maximum Gasteiger partial charge on any atom is 0.262 e. The zero-order chi connectivity index (χ0) is 22.7. The zero-order valence-corrected chi connectivity index (χ0v) is 18.8. The summed E-state index contributed by atoms with van der Waals surface area (Å²) in [5.74, 6) is -0.0932. The van der Waals surface area contributed by atoms with Gasteiger partial charge in [0.1, 0.15) is 5.75 Å². The minimum Gasteiger partial charge on any atom is -0.482 e. The lowest BCUT2D eigenvalue weighted by molar-refractivity contribution is -0.126. The Labute approximate surface area is 188 Å². The van der Waals surface area contributed by atoms with Gasteiger partial charge in [-0.25, -0.2) is 8.42 Å². The molecule has 170 valence electrons. The van der Waals surface area contributed by atoms with Crippen LogP contribution < -0.4 is 15.4 Å². The number of benzene rings is 2. The minimum absolute atomic E-state index is 0.0247. The van der Waals surface area contributed by atoms with Gasteiger partial charge in [0.2, 0.25) is 15.9 Å². The molecule has 0 atom stereocenters. The van der Waals surface area contributed by atoms with E-state index in [1.54, 1.807) is 6.07 Å². The van der Waals surface area contributed by atoms with Gasteiger partial charge in [0, 0.05) is 25.6 Å². The van der Waals surface area contributed by atoms with Gasteiger partial charge in [-0.1, -0.05) is 29.8 Å². The van der Waals surface area contributed by atoms with Crippen LogP contribution in [0.5, 0.6) is 5.75 Å². The molecule has 0 saturated carbocycles. The third-order valence-corrected chi connectivity index (χ3v) is 7.74. The second kappa shape index (κ2) is 9.30. The molecule has 4 rings (SSSR count). The number of hydrogen-bond donors (Lipinski definition) is 2. The Bertz CT molecular complexity index is 1120. The second-order valence-corrected chi connectivity index (χ2v) is 10.1. The fraction of sp³-hybridized carbons (Fsp3) is 0.391. The molecule has 0 bridgehead atoms. The van der Waals surface area contributed by atoms with Gasteiger partial charge in [-0.2, -0.15) is 4.31 Å². The van der Waals surface area contributed by atoms with Gasteiger partial charge in [0.15, 0.2) is 6.61 Å². The number of carbonyl (C=O) groups is 2. The largest absolute Gasteiger partial charge is 0.482 e. The Kier molecular flexibility index (Phi) is 6.48. The molecule has 8 nitrogen and oxygen atoms in total. The molecule has 1 saturated heterocycles. The first-order valence-electron chi connectivity index (χ1n) is 10.7. The summed E-state index contributed by atoms with van der Waals surface area (Å²) in [7, 11) is -3.72. The molecule has 9 heteroatoms. The molecule has 1 fully saturated rings. The summed E-state index contributed by atoms with van der Waals surface area (Å²) < 4.78 is 32.8. The average molecular weight is 458 g/mol. The predicted octanol–water partition coefficient (Wildman–Crippen LogP) is 2.09. The van der Waals surface area contributed by atoms with Crippen molar-refractivity contribution in [3.63, 3.8) is 0 Å². The highest BCUT2D eigenvalue weighted by atomic mass is 32.2. The van der Waals surface area contributed by atoms with Gasteiger partial charge in [-0.05, 0) is 49.9 Å². The number of amides is 2. The Morgan fingerprint density at radius 1 is 1.19 bits per heavy atom. The third-order valence-electron chi connectivity index (χ3n) is 5.84. The number of piperidine rings is 1. The summed E-state index contributed by atoms with van der Waals surface area (Å²) in [6.45, 7) is 3.07. The first-order valence-corrected chi connectivity index (χ1v) is 12.2. The lowest BCUT2D eigenvalue weighted by Gasteiger charge is -2.31. The number of nitrogens with zero attached hydrogens (tertiary/aromatic N) is 1. The molecule has 2 aliphatic heterocycles. The lowest BCUT2D eigenvalue weighted by atomic mass is 9.97. The highest BCUT2D eigenvalue weighted by Gasteiger charge is 2.32. The van der Waals surface area contributed by atoms with Gasteiger partial charge >= 0.3 is 0 Å². The zero-order valence-electron chi connectivity index (χ0n) is 18.0. The lowest BCUT2D eigenvalue weighted by Crippen LogP contribution is -2.43. The number of carbonyl (C=O) groups excluding carboxylic acids is 2. The highest BCUT2D eigenvalue weighted by Crippen LogP contribution is 2.32. The van der Waals surface area contributed by atoms with Crippen LogP contribution in [-0.4, -0.2) is 50.8 Å². The van der Waals surface area contributed by atoms with Crippen molar-refractivity contribution in [2.45, 2.75) is 31.1 Å². The van der Waals surface area contributed by atoms with Crippen LogP contribution in [0.15, 0.2) is 47.4 Å². The van der Waals surface area contributed by atoms with Crippen LogP contribution in [0.4, 0.5) is 5.69 Å². The molecule has 2 heterocycles. The normalized spacial score (nSPS) is 17.2. The number of anilines is 1. The predicted molar refractivity (Wildman–Crippen MR) is 120 cm³/mol. The fourth-order valence-corrected chi connectivity index (χ4v) is 5.57. The van der Waals surface area contributed by atoms with Gasteiger partial charge in [0.05, 0.1) is 10.6 Å². The van der Waals surface area contributed by atoms with Crippen molar-refractivity contribution in [2.24, 2.45) is 5.92 Å². The molecule has 2 amide bonds. The topological polar surface area (TPSA) is 105 Å². The Morgan fingerprint density at radius 2 is 1.97 bits per heavy atom. The van der Waals surface area contributed by atoms with Crippen LogP contribution in [0.25, 0.3) is 0 Å². The van der Waals surface area contributed by atoms with Gasteiger partial charge in [0.25, 0.3) is 5.91 Å². The summed E-state index contributed by atoms with van der Waals surface area (Å²) in [6.07, 6.45) is 1.71. The van der Waals surface area contributed by atoms with Crippen molar-refractivity contribution in [2.75, 3.05) is 31.6 Å². The number of rotatable bonds is 6. The van der Waals surface area contributed by atoms with E-state index in [2.05, 4.69) is 16.7 Å². The molecule has 0 unspecified atom stereocenters. The second-order valence-electron chi connectivity index (χ2n) is 8.20. The highest BCUT2D eigenvalue weighted by molar-refractivity contribution is 7.89. The van der Waals surface area contributed by atoms with Crippen molar-refractivity contribution in [1.29, 1.82) is 0 Å². The number of nitrogens with one attached hydrogen (secondary N) is 2. The molecule has 2 aliphatic rings. The monoisotopic (exact) mass is 457 g/mol. The van der Waals surface area contributed by atoms with Crippen molar-refractivity contribution in [3.8, 4) is 5.75 Å². The molecule has 0 aromatic heterocycles.